The minimum atomic E-state index is -0.799. The Hall–Kier alpha value is -1.62. The number of carbonyl (C=O) groups excluding carboxylic acids is 2. The highest BCUT2D eigenvalue weighted by atomic mass is 16.3. The molecule has 10 heteroatoms. The van der Waals surface area contributed by atoms with Crippen molar-refractivity contribution in [2.75, 3.05) is 26.2 Å². The Morgan fingerprint density at radius 2 is 0.875 bits per heavy atom. The van der Waals surface area contributed by atoms with Crippen molar-refractivity contribution in [1.29, 1.82) is 0 Å². The van der Waals surface area contributed by atoms with E-state index >= 15 is 0 Å². The highest BCUT2D eigenvalue weighted by Crippen LogP contribution is 1.98. The van der Waals surface area contributed by atoms with Crippen molar-refractivity contribution in [1.82, 2.24) is 20.7 Å². The maximum atomic E-state index is 12.0. The van der Waals surface area contributed by atoms with Crippen LogP contribution in [0.3, 0.4) is 0 Å². The first-order chi connectivity index (χ1) is 11.0. The van der Waals surface area contributed by atoms with Crippen molar-refractivity contribution in [2.45, 2.75) is 52.1 Å². The van der Waals surface area contributed by atoms with E-state index in [4.69, 9.17) is 0 Å². The van der Waals surface area contributed by atoms with Crippen LogP contribution in [0.25, 0.3) is 0 Å². The normalized spacial score (nSPS) is 15.8. The van der Waals surface area contributed by atoms with E-state index in [2.05, 4.69) is 10.9 Å². The van der Waals surface area contributed by atoms with Crippen molar-refractivity contribution >= 4 is 12.1 Å². The minimum Gasteiger partial charge on any atom is -0.392 e. The van der Waals surface area contributed by atoms with Gasteiger partial charge in [0.1, 0.15) is 0 Å². The zero-order valence-corrected chi connectivity index (χ0v) is 14.6. The van der Waals surface area contributed by atoms with Crippen LogP contribution in [0.1, 0.15) is 27.7 Å². The quantitative estimate of drug-likeness (QED) is 0.292. The second kappa shape index (κ2) is 11.0. The SMILES string of the molecule is CC(O)CN(CC(C)O)C(=O)NNC(=O)N(CC(C)O)CC(C)O. The monoisotopic (exact) mass is 350 g/mol. The van der Waals surface area contributed by atoms with E-state index in [0.717, 1.165) is 9.80 Å². The van der Waals surface area contributed by atoms with Gasteiger partial charge in [0.2, 0.25) is 0 Å². The van der Waals surface area contributed by atoms with E-state index in [0.29, 0.717) is 0 Å². The second-order valence-electron chi connectivity index (χ2n) is 6.07. The largest absolute Gasteiger partial charge is 0.392 e. The molecule has 0 spiro atoms. The molecule has 4 unspecified atom stereocenters. The number of carbonyl (C=O) groups is 2. The molecule has 0 saturated carbocycles. The van der Waals surface area contributed by atoms with Crippen molar-refractivity contribution in [3.05, 3.63) is 0 Å². The summed E-state index contributed by atoms with van der Waals surface area (Å²) in [5, 5.41) is 37.6. The predicted octanol–water partition coefficient (Wildman–Crippen LogP) is -1.55. The third kappa shape index (κ3) is 10.2. The molecule has 0 aromatic heterocycles. The Labute approximate surface area is 142 Å². The average Bonchev–Trinajstić information content (AvgIpc) is 2.40. The molecule has 142 valence electrons. The number of nitrogens with one attached hydrogen (secondary N) is 2. The predicted molar refractivity (Wildman–Crippen MR) is 86.9 cm³/mol. The molecule has 6 N–H and O–H groups in total. The molecule has 4 amide bonds. The molecule has 0 saturated heterocycles. The molecule has 0 aliphatic heterocycles. The highest BCUT2D eigenvalue weighted by molar-refractivity contribution is 5.80. The first-order valence-electron chi connectivity index (χ1n) is 7.85. The van der Waals surface area contributed by atoms with Crippen LogP contribution in [0.4, 0.5) is 9.59 Å². The Bertz CT molecular complexity index is 333. The third-order valence-electron chi connectivity index (χ3n) is 2.79. The van der Waals surface area contributed by atoms with Crippen LogP contribution in [0.15, 0.2) is 0 Å². The number of rotatable bonds is 8. The maximum absolute atomic E-state index is 12.0. The first-order valence-corrected chi connectivity index (χ1v) is 7.85. The Morgan fingerprint density at radius 1 is 0.667 bits per heavy atom. The zero-order valence-electron chi connectivity index (χ0n) is 14.6. The van der Waals surface area contributed by atoms with E-state index in [1.54, 1.807) is 0 Å². The summed E-state index contributed by atoms with van der Waals surface area (Å²) >= 11 is 0. The van der Waals surface area contributed by atoms with Crippen LogP contribution >= 0.6 is 0 Å². The van der Waals surface area contributed by atoms with Crippen LogP contribution in [0.2, 0.25) is 0 Å². The van der Waals surface area contributed by atoms with E-state index in [9.17, 15) is 30.0 Å². The second-order valence-corrected chi connectivity index (χ2v) is 6.07. The Morgan fingerprint density at radius 3 is 1.04 bits per heavy atom. The van der Waals surface area contributed by atoms with Crippen LogP contribution in [-0.4, -0.2) is 92.9 Å². The van der Waals surface area contributed by atoms with Crippen molar-refractivity contribution < 1.29 is 30.0 Å². The number of hydrazine groups is 1. The van der Waals surface area contributed by atoms with Gasteiger partial charge >= 0.3 is 12.1 Å². The number of aliphatic hydroxyl groups excluding tert-OH is 4. The molecular formula is C14H30N4O6. The molecule has 0 fully saturated rings. The van der Waals surface area contributed by atoms with Gasteiger partial charge in [-0.2, -0.15) is 0 Å². The molecule has 0 aromatic carbocycles. The summed E-state index contributed by atoms with van der Waals surface area (Å²) in [5.74, 6) is 0. The van der Waals surface area contributed by atoms with Gasteiger partial charge in [0.15, 0.2) is 0 Å². The number of hydrogen-bond acceptors (Lipinski definition) is 6. The van der Waals surface area contributed by atoms with Crippen molar-refractivity contribution in [3.8, 4) is 0 Å². The molecule has 10 nitrogen and oxygen atoms in total. The van der Waals surface area contributed by atoms with Crippen molar-refractivity contribution in [2.24, 2.45) is 0 Å². The fraction of sp³-hybridized carbons (Fsp3) is 0.857. The molecule has 0 aromatic rings. The number of aliphatic hydroxyl groups is 4. The molecule has 0 bridgehead atoms. The van der Waals surface area contributed by atoms with E-state index in [1.165, 1.54) is 27.7 Å². The summed E-state index contributed by atoms with van der Waals surface area (Å²) < 4.78 is 0. The molecule has 0 aliphatic carbocycles. The van der Waals surface area contributed by atoms with E-state index in [-0.39, 0.29) is 26.2 Å². The number of urea groups is 2. The van der Waals surface area contributed by atoms with Gasteiger partial charge in [0, 0.05) is 26.2 Å². The van der Waals surface area contributed by atoms with E-state index < -0.39 is 36.5 Å². The van der Waals surface area contributed by atoms with Gasteiger partial charge < -0.3 is 30.2 Å². The van der Waals surface area contributed by atoms with Crippen molar-refractivity contribution in [3.63, 3.8) is 0 Å². The lowest BCUT2D eigenvalue weighted by atomic mass is 10.3. The van der Waals surface area contributed by atoms with Gasteiger partial charge in [-0.05, 0) is 27.7 Å². The first kappa shape index (κ1) is 22.4. The lowest BCUT2D eigenvalue weighted by Gasteiger charge is -2.28. The molecule has 0 aliphatic rings. The molecule has 0 rings (SSSR count). The smallest absolute Gasteiger partial charge is 0.336 e. The fourth-order valence-corrected chi connectivity index (χ4v) is 2.02. The zero-order chi connectivity index (χ0) is 18.9. The van der Waals surface area contributed by atoms with Gasteiger partial charge in [0.05, 0.1) is 24.4 Å². The van der Waals surface area contributed by atoms with Gasteiger partial charge in [-0.1, -0.05) is 0 Å². The third-order valence-corrected chi connectivity index (χ3v) is 2.79. The van der Waals surface area contributed by atoms with Gasteiger partial charge in [-0.3, -0.25) is 0 Å². The standard InChI is InChI=1S/C14H30N4O6/c1-9(19)5-17(6-10(2)20)13(23)15-16-14(24)18(7-11(3)21)8-12(4)22/h9-12,19-22H,5-8H2,1-4H3,(H,15,23)(H,16,24). The summed E-state index contributed by atoms with van der Waals surface area (Å²) in [6.45, 7) is 5.91. The molecule has 24 heavy (non-hydrogen) atoms. The number of amides is 4. The summed E-state index contributed by atoms with van der Waals surface area (Å²) in [6, 6.07) is -1.39. The minimum absolute atomic E-state index is 0.0162. The molecule has 0 radical (unpaired) electrons. The summed E-state index contributed by atoms with van der Waals surface area (Å²) in [7, 11) is 0. The van der Waals surface area contributed by atoms with Gasteiger partial charge in [-0.25, -0.2) is 20.4 Å². The Kier molecular flexibility index (Phi) is 10.3. The highest BCUT2D eigenvalue weighted by Gasteiger charge is 2.21. The fourth-order valence-electron chi connectivity index (χ4n) is 2.02. The summed E-state index contributed by atoms with van der Waals surface area (Å²) in [6.07, 6.45) is -3.20. The number of nitrogens with zero attached hydrogens (tertiary/aromatic N) is 2. The van der Waals surface area contributed by atoms with Crippen LogP contribution in [-0.2, 0) is 0 Å². The molecular weight excluding hydrogens is 320 g/mol. The van der Waals surface area contributed by atoms with Crippen LogP contribution < -0.4 is 10.9 Å². The molecule has 4 atom stereocenters. The summed E-state index contributed by atoms with van der Waals surface area (Å²) in [4.78, 5) is 26.4. The van der Waals surface area contributed by atoms with Gasteiger partial charge in [-0.15, -0.1) is 0 Å². The Balaban J connectivity index is 4.67. The summed E-state index contributed by atoms with van der Waals surface area (Å²) in [5.41, 5.74) is 4.36. The maximum Gasteiger partial charge on any atom is 0.336 e. The number of hydrogen-bond donors (Lipinski definition) is 6. The lowest BCUT2D eigenvalue weighted by Crippen LogP contribution is -2.56. The van der Waals surface area contributed by atoms with E-state index in [1.807, 2.05) is 0 Å². The lowest BCUT2D eigenvalue weighted by molar-refractivity contribution is 0.0891. The van der Waals surface area contributed by atoms with Crippen LogP contribution in [0.5, 0.6) is 0 Å². The van der Waals surface area contributed by atoms with Crippen LogP contribution in [0, 0.1) is 0 Å². The van der Waals surface area contributed by atoms with Gasteiger partial charge in [0.25, 0.3) is 0 Å². The topological polar surface area (TPSA) is 146 Å². The average molecular weight is 350 g/mol. The molecule has 0 heterocycles.